The fraction of sp³-hybridized carbons (Fsp3) is 0.923. The summed E-state index contributed by atoms with van der Waals surface area (Å²) in [6.07, 6.45) is 3.02. The van der Waals surface area contributed by atoms with E-state index in [9.17, 15) is 4.79 Å². The van der Waals surface area contributed by atoms with Crippen LogP contribution >= 0.6 is 0 Å². The monoisotopic (exact) mass is 241 g/mol. The van der Waals surface area contributed by atoms with E-state index in [1.807, 2.05) is 0 Å². The van der Waals surface area contributed by atoms with Gasteiger partial charge in [-0.25, -0.2) is 0 Å². The Balaban J connectivity index is 2.63. The van der Waals surface area contributed by atoms with Gasteiger partial charge in [0.15, 0.2) is 0 Å². The van der Waals surface area contributed by atoms with E-state index in [0.29, 0.717) is 24.9 Å². The summed E-state index contributed by atoms with van der Waals surface area (Å²) >= 11 is 0. The molecule has 1 aliphatic rings. The molecule has 0 bridgehead atoms. The van der Waals surface area contributed by atoms with Crippen LogP contribution in [-0.2, 0) is 4.79 Å². The Kier molecular flexibility index (Phi) is 5.40. The summed E-state index contributed by atoms with van der Waals surface area (Å²) in [4.78, 5) is 15.9. The SMILES string of the molecule is CC(C)C1CCCN1C(CN)CC(=O)N(C)C. The van der Waals surface area contributed by atoms with Crippen LogP contribution in [0, 0.1) is 5.92 Å². The Morgan fingerprint density at radius 3 is 2.59 bits per heavy atom. The average molecular weight is 241 g/mol. The van der Waals surface area contributed by atoms with E-state index in [4.69, 9.17) is 5.73 Å². The fourth-order valence-corrected chi connectivity index (χ4v) is 2.70. The number of amides is 1. The largest absolute Gasteiger partial charge is 0.349 e. The molecule has 1 saturated heterocycles. The number of nitrogens with zero attached hydrogens (tertiary/aromatic N) is 2. The number of rotatable bonds is 5. The fourth-order valence-electron chi connectivity index (χ4n) is 2.70. The molecular weight excluding hydrogens is 214 g/mol. The molecule has 0 aromatic rings. The summed E-state index contributed by atoms with van der Waals surface area (Å²) in [6.45, 7) is 6.17. The van der Waals surface area contributed by atoms with Crippen molar-refractivity contribution < 1.29 is 4.79 Å². The summed E-state index contributed by atoms with van der Waals surface area (Å²) < 4.78 is 0. The first-order chi connectivity index (χ1) is 7.97. The van der Waals surface area contributed by atoms with Gasteiger partial charge in [-0.15, -0.1) is 0 Å². The molecule has 1 amide bonds. The lowest BCUT2D eigenvalue weighted by molar-refractivity contribution is -0.130. The van der Waals surface area contributed by atoms with Crippen molar-refractivity contribution in [3.05, 3.63) is 0 Å². The Bertz CT molecular complexity index is 253. The minimum absolute atomic E-state index is 0.176. The Hall–Kier alpha value is -0.610. The third-order valence-corrected chi connectivity index (χ3v) is 3.76. The zero-order valence-corrected chi connectivity index (χ0v) is 11.6. The summed E-state index contributed by atoms with van der Waals surface area (Å²) in [7, 11) is 3.61. The lowest BCUT2D eigenvalue weighted by atomic mass is 10.00. The lowest BCUT2D eigenvalue weighted by Crippen LogP contribution is -2.47. The van der Waals surface area contributed by atoms with E-state index < -0.39 is 0 Å². The molecule has 1 fully saturated rings. The normalized spacial score (nSPS) is 23.1. The van der Waals surface area contributed by atoms with Gasteiger partial charge in [-0.05, 0) is 25.3 Å². The number of carbonyl (C=O) groups is 1. The minimum Gasteiger partial charge on any atom is -0.349 e. The molecule has 1 aliphatic heterocycles. The molecule has 1 rings (SSSR count). The first-order valence-electron chi connectivity index (χ1n) is 6.63. The van der Waals surface area contributed by atoms with Crippen LogP contribution in [0.1, 0.15) is 33.1 Å². The molecule has 4 nitrogen and oxygen atoms in total. The average Bonchev–Trinajstić information content (AvgIpc) is 2.73. The molecule has 2 unspecified atom stereocenters. The highest BCUT2D eigenvalue weighted by molar-refractivity contribution is 5.76. The van der Waals surface area contributed by atoms with E-state index in [0.717, 1.165) is 6.54 Å². The van der Waals surface area contributed by atoms with Crippen molar-refractivity contribution in [1.29, 1.82) is 0 Å². The highest BCUT2D eigenvalue weighted by Crippen LogP contribution is 2.26. The minimum atomic E-state index is 0.176. The van der Waals surface area contributed by atoms with Crippen LogP contribution in [0.2, 0.25) is 0 Å². The van der Waals surface area contributed by atoms with Crippen LogP contribution in [0.15, 0.2) is 0 Å². The van der Waals surface area contributed by atoms with Gasteiger partial charge in [0.05, 0.1) is 0 Å². The number of likely N-dealkylation sites (tertiary alicyclic amines) is 1. The van der Waals surface area contributed by atoms with E-state index in [1.54, 1.807) is 19.0 Å². The topological polar surface area (TPSA) is 49.6 Å². The van der Waals surface area contributed by atoms with Crippen LogP contribution in [0.3, 0.4) is 0 Å². The van der Waals surface area contributed by atoms with Crippen molar-refractivity contribution in [3.63, 3.8) is 0 Å². The number of nitrogens with two attached hydrogens (primary N) is 1. The van der Waals surface area contributed by atoms with E-state index in [1.165, 1.54) is 12.8 Å². The molecule has 0 spiro atoms. The van der Waals surface area contributed by atoms with Crippen LogP contribution in [0.5, 0.6) is 0 Å². The van der Waals surface area contributed by atoms with Gasteiger partial charge in [-0.2, -0.15) is 0 Å². The van der Waals surface area contributed by atoms with Crippen LogP contribution in [-0.4, -0.2) is 55.0 Å². The van der Waals surface area contributed by atoms with Crippen LogP contribution in [0.4, 0.5) is 0 Å². The van der Waals surface area contributed by atoms with Crippen molar-refractivity contribution in [2.75, 3.05) is 27.2 Å². The highest BCUT2D eigenvalue weighted by Gasteiger charge is 2.32. The second-order valence-corrected chi connectivity index (χ2v) is 5.57. The van der Waals surface area contributed by atoms with E-state index >= 15 is 0 Å². The Morgan fingerprint density at radius 1 is 1.47 bits per heavy atom. The number of hydrogen-bond acceptors (Lipinski definition) is 3. The predicted octanol–water partition coefficient (Wildman–Crippen LogP) is 0.912. The van der Waals surface area contributed by atoms with Crippen molar-refractivity contribution >= 4 is 5.91 Å². The summed E-state index contributed by atoms with van der Waals surface area (Å²) in [5.41, 5.74) is 5.85. The van der Waals surface area contributed by atoms with Gasteiger partial charge in [0, 0.05) is 39.1 Å². The smallest absolute Gasteiger partial charge is 0.223 e. The third kappa shape index (κ3) is 3.68. The first-order valence-corrected chi connectivity index (χ1v) is 6.63. The quantitative estimate of drug-likeness (QED) is 0.778. The molecule has 0 aromatic heterocycles. The molecule has 0 saturated carbocycles. The second-order valence-electron chi connectivity index (χ2n) is 5.57. The maximum atomic E-state index is 11.8. The molecule has 2 N–H and O–H groups in total. The maximum absolute atomic E-state index is 11.8. The molecule has 2 atom stereocenters. The Morgan fingerprint density at radius 2 is 2.12 bits per heavy atom. The maximum Gasteiger partial charge on any atom is 0.223 e. The van der Waals surface area contributed by atoms with Crippen molar-refractivity contribution in [3.8, 4) is 0 Å². The summed E-state index contributed by atoms with van der Waals surface area (Å²) in [5, 5.41) is 0. The van der Waals surface area contributed by atoms with E-state index in [2.05, 4.69) is 18.7 Å². The predicted molar refractivity (Wildman–Crippen MR) is 70.7 cm³/mol. The third-order valence-electron chi connectivity index (χ3n) is 3.76. The standard InChI is InChI=1S/C13H27N3O/c1-10(2)12-6-5-7-16(12)11(9-14)8-13(17)15(3)4/h10-12H,5-9,14H2,1-4H3. The molecule has 17 heavy (non-hydrogen) atoms. The molecule has 0 aliphatic carbocycles. The van der Waals surface area contributed by atoms with E-state index in [-0.39, 0.29) is 11.9 Å². The number of hydrogen-bond donors (Lipinski definition) is 1. The second kappa shape index (κ2) is 6.36. The summed E-state index contributed by atoms with van der Waals surface area (Å²) in [5.74, 6) is 0.816. The van der Waals surface area contributed by atoms with Gasteiger partial charge in [0.25, 0.3) is 0 Å². The molecule has 0 radical (unpaired) electrons. The van der Waals surface area contributed by atoms with Crippen molar-refractivity contribution in [2.24, 2.45) is 11.7 Å². The zero-order chi connectivity index (χ0) is 13.0. The van der Waals surface area contributed by atoms with Crippen LogP contribution < -0.4 is 5.73 Å². The molecule has 4 heteroatoms. The van der Waals surface area contributed by atoms with Gasteiger partial charge in [0.1, 0.15) is 0 Å². The highest BCUT2D eigenvalue weighted by atomic mass is 16.2. The van der Waals surface area contributed by atoms with Gasteiger partial charge >= 0.3 is 0 Å². The van der Waals surface area contributed by atoms with Crippen molar-refractivity contribution in [2.45, 2.75) is 45.2 Å². The van der Waals surface area contributed by atoms with Crippen molar-refractivity contribution in [1.82, 2.24) is 9.80 Å². The van der Waals surface area contributed by atoms with Gasteiger partial charge < -0.3 is 10.6 Å². The molecule has 1 heterocycles. The molecule has 100 valence electrons. The van der Waals surface area contributed by atoms with Crippen LogP contribution in [0.25, 0.3) is 0 Å². The lowest BCUT2D eigenvalue weighted by Gasteiger charge is -2.34. The Labute approximate surface area is 105 Å². The van der Waals surface area contributed by atoms with Gasteiger partial charge in [-0.3, -0.25) is 9.69 Å². The molecule has 0 aromatic carbocycles. The van der Waals surface area contributed by atoms with Gasteiger partial charge in [-0.1, -0.05) is 13.8 Å². The molecular formula is C13H27N3O. The van der Waals surface area contributed by atoms with Gasteiger partial charge in [0.2, 0.25) is 5.91 Å². The first kappa shape index (κ1) is 14.5. The number of carbonyl (C=O) groups excluding carboxylic acids is 1. The summed E-state index contributed by atoms with van der Waals surface area (Å²) in [6, 6.07) is 0.804. The zero-order valence-electron chi connectivity index (χ0n) is 11.6.